The second-order valence-corrected chi connectivity index (χ2v) is 8.19. The standard InChI is InChI=1S/C25H30N4O3/c1-27(2)25(30)32-22-10-8-19(18-23(22)31-3)12-13-28-14-16-29(17-15-28)24-11-9-20-6-4-5-7-21(20)26-24/h4-11,18H,12-17H2,1-3H3. The Morgan fingerprint density at radius 2 is 1.78 bits per heavy atom. The van der Waals surface area contributed by atoms with Crippen molar-refractivity contribution in [1.82, 2.24) is 14.8 Å². The molecule has 1 aliphatic heterocycles. The lowest BCUT2D eigenvalue weighted by molar-refractivity contribution is 0.170. The molecule has 1 aromatic heterocycles. The topological polar surface area (TPSA) is 58.1 Å². The second-order valence-electron chi connectivity index (χ2n) is 8.19. The minimum Gasteiger partial charge on any atom is -0.493 e. The summed E-state index contributed by atoms with van der Waals surface area (Å²) in [5.41, 5.74) is 2.20. The fourth-order valence-electron chi connectivity index (χ4n) is 3.86. The zero-order valence-corrected chi connectivity index (χ0v) is 19.0. The maximum atomic E-state index is 11.8. The van der Waals surface area contributed by atoms with Gasteiger partial charge in [0.25, 0.3) is 0 Å². The van der Waals surface area contributed by atoms with Crippen LogP contribution in [0.15, 0.2) is 54.6 Å². The number of ether oxygens (including phenoxy) is 2. The molecule has 7 nitrogen and oxygen atoms in total. The molecule has 0 N–H and O–H groups in total. The molecule has 2 aromatic carbocycles. The van der Waals surface area contributed by atoms with Crippen LogP contribution in [0.4, 0.5) is 10.6 Å². The van der Waals surface area contributed by atoms with E-state index in [1.165, 1.54) is 10.3 Å². The minimum atomic E-state index is -0.421. The van der Waals surface area contributed by atoms with Crippen molar-refractivity contribution in [3.8, 4) is 11.5 Å². The lowest BCUT2D eigenvalue weighted by Gasteiger charge is -2.35. The quantitative estimate of drug-likeness (QED) is 0.590. The van der Waals surface area contributed by atoms with Gasteiger partial charge < -0.3 is 19.3 Å². The summed E-state index contributed by atoms with van der Waals surface area (Å²) in [7, 11) is 4.89. The number of amides is 1. The highest BCUT2D eigenvalue weighted by Crippen LogP contribution is 2.29. The molecule has 1 aliphatic rings. The van der Waals surface area contributed by atoms with Gasteiger partial charge in [0, 0.05) is 52.2 Å². The van der Waals surface area contributed by atoms with Crippen LogP contribution < -0.4 is 14.4 Å². The van der Waals surface area contributed by atoms with Gasteiger partial charge in [-0.05, 0) is 42.3 Å². The number of anilines is 1. The first-order valence-electron chi connectivity index (χ1n) is 10.9. The number of aromatic nitrogens is 1. The van der Waals surface area contributed by atoms with Crippen molar-refractivity contribution in [2.75, 3.05) is 58.8 Å². The third-order valence-corrected chi connectivity index (χ3v) is 5.79. The zero-order valence-electron chi connectivity index (χ0n) is 19.0. The van der Waals surface area contributed by atoms with Crippen LogP contribution in [0.5, 0.6) is 11.5 Å². The molecule has 0 aliphatic carbocycles. The molecule has 4 rings (SSSR count). The third kappa shape index (κ3) is 5.11. The highest BCUT2D eigenvalue weighted by atomic mass is 16.6. The van der Waals surface area contributed by atoms with Crippen molar-refractivity contribution in [1.29, 1.82) is 0 Å². The number of nitrogens with zero attached hydrogens (tertiary/aromatic N) is 4. The summed E-state index contributed by atoms with van der Waals surface area (Å²) in [6.45, 7) is 4.91. The van der Waals surface area contributed by atoms with Gasteiger partial charge in [0.1, 0.15) is 5.82 Å². The van der Waals surface area contributed by atoms with Crippen LogP contribution in [0, 0.1) is 0 Å². The number of fused-ring (bicyclic) bond motifs is 1. The molecule has 1 saturated heterocycles. The molecule has 0 bridgehead atoms. The van der Waals surface area contributed by atoms with Crippen molar-refractivity contribution in [3.05, 3.63) is 60.2 Å². The number of benzene rings is 2. The number of hydrogen-bond acceptors (Lipinski definition) is 6. The molecular weight excluding hydrogens is 404 g/mol. The van der Waals surface area contributed by atoms with E-state index >= 15 is 0 Å². The van der Waals surface area contributed by atoms with Crippen LogP contribution in [0.3, 0.4) is 0 Å². The molecule has 168 valence electrons. The molecule has 0 atom stereocenters. The van der Waals surface area contributed by atoms with E-state index in [-0.39, 0.29) is 0 Å². The van der Waals surface area contributed by atoms with Gasteiger partial charge in [0.2, 0.25) is 0 Å². The molecule has 0 spiro atoms. The maximum absolute atomic E-state index is 11.8. The van der Waals surface area contributed by atoms with E-state index in [0.29, 0.717) is 11.5 Å². The number of para-hydroxylation sites is 1. The van der Waals surface area contributed by atoms with Crippen molar-refractivity contribution in [2.24, 2.45) is 0 Å². The van der Waals surface area contributed by atoms with Gasteiger partial charge in [0.15, 0.2) is 11.5 Å². The van der Waals surface area contributed by atoms with E-state index in [0.717, 1.165) is 56.0 Å². The molecule has 0 saturated carbocycles. The van der Waals surface area contributed by atoms with Crippen LogP contribution in [-0.2, 0) is 6.42 Å². The highest BCUT2D eigenvalue weighted by Gasteiger charge is 2.18. The Hall–Kier alpha value is -3.32. The smallest absolute Gasteiger partial charge is 0.414 e. The van der Waals surface area contributed by atoms with E-state index in [1.54, 1.807) is 27.3 Å². The molecule has 1 fully saturated rings. The average Bonchev–Trinajstić information content (AvgIpc) is 2.83. The van der Waals surface area contributed by atoms with Gasteiger partial charge in [-0.3, -0.25) is 4.90 Å². The highest BCUT2D eigenvalue weighted by molar-refractivity contribution is 5.80. The predicted octanol–water partition coefficient (Wildman–Crippen LogP) is 3.67. The normalized spacial score (nSPS) is 14.4. The van der Waals surface area contributed by atoms with Crippen molar-refractivity contribution >= 4 is 22.8 Å². The Labute approximate surface area is 189 Å². The predicted molar refractivity (Wildman–Crippen MR) is 127 cm³/mol. The van der Waals surface area contributed by atoms with E-state index in [4.69, 9.17) is 14.5 Å². The van der Waals surface area contributed by atoms with Crippen LogP contribution in [0.1, 0.15) is 5.56 Å². The summed E-state index contributed by atoms with van der Waals surface area (Å²) >= 11 is 0. The van der Waals surface area contributed by atoms with Crippen LogP contribution in [-0.4, -0.2) is 74.8 Å². The first kappa shape index (κ1) is 21.9. The zero-order chi connectivity index (χ0) is 22.5. The number of rotatable bonds is 6. The van der Waals surface area contributed by atoms with Gasteiger partial charge in [-0.15, -0.1) is 0 Å². The Morgan fingerprint density at radius 1 is 1.00 bits per heavy atom. The minimum absolute atomic E-state index is 0.421. The number of methoxy groups -OCH3 is 1. The van der Waals surface area contributed by atoms with Crippen molar-refractivity contribution in [2.45, 2.75) is 6.42 Å². The molecule has 2 heterocycles. The molecular formula is C25H30N4O3. The number of piperazine rings is 1. The van der Waals surface area contributed by atoms with Gasteiger partial charge in [0.05, 0.1) is 12.6 Å². The first-order valence-corrected chi connectivity index (χ1v) is 10.9. The summed E-state index contributed by atoms with van der Waals surface area (Å²) in [4.78, 5) is 22.9. The Bertz CT molecular complexity index is 1080. The Balaban J connectivity index is 1.31. The number of carbonyl (C=O) groups excluding carboxylic acids is 1. The lowest BCUT2D eigenvalue weighted by atomic mass is 10.1. The number of hydrogen-bond donors (Lipinski definition) is 0. The molecule has 32 heavy (non-hydrogen) atoms. The van der Waals surface area contributed by atoms with Crippen molar-refractivity contribution in [3.63, 3.8) is 0 Å². The number of carbonyl (C=O) groups is 1. The molecule has 7 heteroatoms. The van der Waals surface area contributed by atoms with Gasteiger partial charge in [-0.1, -0.05) is 24.3 Å². The fourth-order valence-corrected chi connectivity index (χ4v) is 3.86. The van der Waals surface area contributed by atoms with Crippen molar-refractivity contribution < 1.29 is 14.3 Å². The average molecular weight is 435 g/mol. The maximum Gasteiger partial charge on any atom is 0.414 e. The summed E-state index contributed by atoms with van der Waals surface area (Å²) in [5, 5.41) is 1.17. The Morgan fingerprint density at radius 3 is 2.53 bits per heavy atom. The van der Waals surface area contributed by atoms with E-state index in [2.05, 4.69) is 34.1 Å². The van der Waals surface area contributed by atoms with Crippen LogP contribution >= 0.6 is 0 Å². The SMILES string of the molecule is COc1cc(CCN2CCN(c3ccc4ccccc4n3)CC2)ccc1OC(=O)N(C)C. The molecule has 3 aromatic rings. The Kier molecular flexibility index (Phi) is 6.75. The van der Waals surface area contributed by atoms with Crippen LogP contribution in [0.2, 0.25) is 0 Å². The molecule has 0 radical (unpaired) electrons. The summed E-state index contributed by atoms with van der Waals surface area (Å²) < 4.78 is 10.8. The largest absolute Gasteiger partial charge is 0.493 e. The molecule has 0 unspecified atom stereocenters. The summed E-state index contributed by atoms with van der Waals surface area (Å²) in [6.07, 6.45) is 0.488. The van der Waals surface area contributed by atoms with Gasteiger partial charge in [-0.25, -0.2) is 9.78 Å². The summed E-state index contributed by atoms with van der Waals surface area (Å²) in [6, 6.07) is 18.3. The van der Waals surface area contributed by atoms with E-state index < -0.39 is 6.09 Å². The first-order chi connectivity index (χ1) is 15.5. The van der Waals surface area contributed by atoms with E-state index in [1.807, 2.05) is 24.3 Å². The third-order valence-electron chi connectivity index (χ3n) is 5.79. The fraction of sp³-hybridized carbons (Fsp3) is 0.360. The van der Waals surface area contributed by atoms with Gasteiger partial charge >= 0.3 is 6.09 Å². The van der Waals surface area contributed by atoms with E-state index in [9.17, 15) is 4.79 Å². The second kappa shape index (κ2) is 9.87. The lowest BCUT2D eigenvalue weighted by Crippen LogP contribution is -2.47. The summed E-state index contributed by atoms with van der Waals surface area (Å²) in [5.74, 6) is 2.06. The molecule has 1 amide bonds. The van der Waals surface area contributed by atoms with Crippen LogP contribution in [0.25, 0.3) is 10.9 Å². The number of pyridine rings is 1. The monoisotopic (exact) mass is 434 g/mol. The van der Waals surface area contributed by atoms with Gasteiger partial charge in [-0.2, -0.15) is 0 Å².